The average molecular weight is 385 g/mol. The number of hydrogen-bond donors (Lipinski definition) is 0. The van der Waals surface area contributed by atoms with Crippen LogP contribution in [0.1, 0.15) is 30.1 Å². The zero-order valence-corrected chi connectivity index (χ0v) is 16.2. The molecule has 4 aromatic rings. The summed E-state index contributed by atoms with van der Waals surface area (Å²) in [4.78, 5) is 18.2. The van der Waals surface area contributed by atoms with E-state index in [-0.39, 0.29) is 5.92 Å². The second kappa shape index (κ2) is 7.54. The van der Waals surface area contributed by atoms with Gasteiger partial charge in [0, 0.05) is 37.0 Å². The summed E-state index contributed by atoms with van der Waals surface area (Å²) in [6.07, 6.45) is 9.03. The van der Waals surface area contributed by atoms with E-state index in [1.54, 1.807) is 0 Å². The largest absolute Gasteiger partial charge is 0.345 e. The van der Waals surface area contributed by atoms with Crippen molar-refractivity contribution in [3.05, 3.63) is 78.5 Å². The summed E-state index contributed by atoms with van der Waals surface area (Å²) in [5.74, 6) is 1.27. The molecule has 0 N–H and O–H groups in total. The first-order valence-corrected chi connectivity index (χ1v) is 10.0. The molecular formula is C23H23N5O. The van der Waals surface area contributed by atoms with E-state index >= 15 is 0 Å². The first-order chi connectivity index (χ1) is 14.3. The van der Waals surface area contributed by atoms with Crippen molar-refractivity contribution >= 4 is 11.9 Å². The van der Waals surface area contributed by atoms with Gasteiger partial charge in [-0.25, -0.2) is 4.98 Å². The minimum Gasteiger partial charge on any atom is -0.345 e. The molecule has 1 fully saturated rings. The molecule has 4 heterocycles. The molecule has 0 bridgehead atoms. The number of amides is 1. The second-order valence-electron chi connectivity index (χ2n) is 7.63. The maximum Gasteiger partial charge on any atom is 0.209 e. The van der Waals surface area contributed by atoms with Gasteiger partial charge in [-0.05, 0) is 30.5 Å². The molecule has 29 heavy (non-hydrogen) atoms. The van der Waals surface area contributed by atoms with Gasteiger partial charge in [0.05, 0.1) is 24.0 Å². The molecule has 6 nitrogen and oxygen atoms in total. The molecule has 0 saturated carbocycles. The van der Waals surface area contributed by atoms with Gasteiger partial charge < -0.3 is 9.30 Å². The fraction of sp³-hybridized carbons (Fsp3) is 0.261. The van der Waals surface area contributed by atoms with Gasteiger partial charge >= 0.3 is 0 Å². The number of carbonyl (C=O) groups excluding carboxylic acids is 1. The molecule has 1 atom stereocenters. The van der Waals surface area contributed by atoms with E-state index < -0.39 is 0 Å². The Kier molecular flexibility index (Phi) is 4.60. The zero-order valence-electron chi connectivity index (χ0n) is 16.2. The first kappa shape index (κ1) is 17.7. The van der Waals surface area contributed by atoms with Gasteiger partial charge in [-0.1, -0.05) is 36.4 Å². The van der Waals surface area contributed by atoms with Gasteiger partial charge in [0.1, 0.15) is 5.82 Å². The smallest absolute Gasteiger partial charge is 0.209 e. The summed E-state index contributed by atoms with van der Waals surface area (Å²) < 4.78 is 4.12. The van der Waals surface area contributed by atoms with Crippen molar-refractivity contribution in [2.45, 2.75) is 25.3 Å². The topological polar surface area (TPSA) is 55.4 Å². The lowest BCUT2D eigenvalue weighted by molar-refractivity contribution is -0.119. The van der Waals surface area contributed by atoms with Crippen molar-refractivity contribution in [2.75, 3.05) is 13.1 Å². The molecule has 3 aromatic heterocycles. The summed E-state index contributed by atoms with van der Waals surface area (Å²) in [6, 6.07) is 16.5. The highest BCUT2D eigenvalue weighted by atomic mass is 16.1. The van der Waals surface area contributed by atoms with Crippen LogP contribution in [-0.2, 0) is 11.3 Å². The molecule has 1 aromatic carbocycles. The van der Waals surface area contributed by atoms with E-state index in [2.05, 4.69) is 40.1 Å². The third-order valence-electron chi connectivity index (χ3n) is 5.64. The van der Waals surface area contributed by atoms with E-state index in [9.17, 15) is 4.79 Å². The number of imidazole rings is 1. The number of nitrogens with zero attached hydrogens (tertiary/aromatic N) is 5. The Morgan fingerprint density at radius 1 is 1.10 bits per heavy atom. The number of benzene rings is 1. The quantitative estimate of drug-likeness (QED) is 0.494. The molecule has 0 spiro atoms. The van der Waals surface area contributed by atoms with Crippen LogP contribution in [0.15, 0.2) is 67.1 Å². The summed E-state index contributed by atoms with van der Waals surface area (Å²) in [5.41, 5.74) is 4.25. The first-order valence-electron chi connectivity index (χ1n) is 10.0. The Balaban J connectivity index is 1.50. The lowest BCUT2D eigenvalue weighted by Crippen LogP contribution is -2.33. The van der Waals surface area contributed by atoms with Crippen molar-refractivity contribution in [1.82, 2.24) is 24.1 Å². The molecule has 146 valence electrons. The SMILES string of the molecule is O=CN1CCCC(c2nc(-c3cnn(Cc4ccccc4)c3)c3ccccn23)C1. The van der Waals surface area contributed by atoms with Crippen LogP contribution in [0.5, 0.6) is 0 Å². The molecule has 5 rings (SSSR count). The predicted octanol–water partition coefficient (Wildman–Crippen LogP) is 3.58. The van der Waals surface area contributed by atoms with Crippen molar-refractivity contribution in [2.24, 2.45) is 0 Å². The zero-order chi connectivity index (χ0) is 19.6. The molecule has 0 radical (unpaired) electrons. The third kappa shape index (κ3) is 3.42. The fourth-order valence-corrected chi connectivity index (χ4v) is 4.22. The third-order valence-corrected chi connectivity index (χ3v) is 5.64. The lowest BCUT2D eigenvalue weighted by atomic mass is 9.98. The summed E-state index contributed by atoms with van der Waals surface area (Å²) in [7, 11) is 0. The summed E-state index contributed by atoms with van der Waals surface area (Å²) >= 11 is 0. The van der Waals surface area contributed by atoms with Crippen molar-refractivity contribution in [3.63, 3.8) is 0 Å². The van der Waals surface area contributed by atoms with Crippen molar-refractivity contribution < 1.29 is 4.79 Å². The van der Waals surface area contributed by atoms with Crippen LogP contribution in [0.3, 0.4) is 0 Å². The summed E-state index contributed by atoms with van der Waals surface area (Å²) in [5, 5.41) is 4.55. The van der Waals surface area contributed by atoms with Gasteiger partial charge in [0.25, 0.3) is 0 Å². The van der Waals surface area contributed by atoms with Crippen LogP contribution >= 0.6 is 0 Å². The van der Waals surface area contributed by atoms with Gasteiger partial charge in [-0.3, -0.25) is 9.48 Å². The van der Waals surface area contributed by atoms with Gasteiger partial charge in [-0.2, -0.15) is 5.10 Å². The molecule has 1 aliphatic rings. The number of carbonyl (C=O) groups is 1. The Morgan fingerprint density at radius 2 is 1.97 bits per heavy atom. The fourth-order valence-electron chi connectivity index (χ4n) is 4.22. The van der Waals surface area contributed by atoms with Gasteiger partial charge in [-0.15, -0.1) is 0 Å². The van der Waals surface area contributed by atoms with Crippen molar-refractivity contribution in [3.8, 4) is 11.3 Å². The Morgan fingerprint density at radius 3 is 2.83 bits per heavy atom. The monoisotopic (exact) mass is 385 g/mol. The second-order valence-corrected chi connectivity index (χ2v) is 7.63. The highest BCUT2D eigenvalue weighted by Crippen LogP contribution is 2.31. The van der Waals surface area contributed by atoms with Crippen LogP contribution in [-0.4, -0.2) is 43.6 Å². The van der Waals surface area contributed by atoms with Gasteiger partial charge in [0.2, 0.25) is 6.41 Å². The maximum atomic E-state index is 11.3. The number of pyridine rings is 1. The number of piperidine rings is 1. The number of rotatable bonds is 5. The van der Waals surface area contributed by atoms with E-state index in [1.807, 2.05) is 46.1 Å². The van der Waals surface area contributed by atoms with Crippen LogP contribution in [0, 0.1) is 0 Å². The average Bonchev–Trinajstić information content (AvgIpc) is 3.39. The highest BCUT2D eigenvalue weighted by molar-refractivity contribution is 5.77. The Hall–Kier alpha value is -3.41. The van der Waals surface area contributed by atoms with E-state index in [0.29, 0.717) is 0 Å². The Labute approximate surface area is 169 Å². The molecule has 6 heteroatoms. The summed E-state index contributed by atoms with van der Waals surface area (Å²) in [6.45, 7) is 2.29. The van der Waals surface area contributed by atoms with E-state index in [0.717, 1.165) is 61.5 Å². The predicted molar refractivity (Wildman–Crippen MR) is 112 cm³/mol. The normalized spacial score (nSPS) is 17.0. The van der Waals surface area contributed by atoms with E-state index in [1.165, 1.54) is 5.56 Å². The number of likely N-dealkylation sites (tertiary alicyclic amines) is 1. The molecule has 1 amide bonds. The minimum atomic E-state index is 0.247. The van der Waals surface area contributed by atoms with Crippen LogP contribution in [0.2, 0.25) is 0 Å². The molecule has 1 unspecified atom stereocenters. The molecule has 1 aliphatic heterocycles. The molecule has 0 aliphatic carbocycles. The standard InChI is InChI=1S/C23H23N5O/c29-17-26-11-6-9-19(15-26)23-25-22(21-10-4-5-12-28(21)23)20-13-24-27(16-20)14-18-7-2-1-3-8-18/h1-5,7-8,10,12-13,16-17,19H,6,9,11,14-15H2. The van der Waals surface area contributed by atoms with Crippen LogP contribution in [0.25, 0.3) is 16.8 Å². The number of aromatic nitrogens is 4. The highest BCUT2D eigenvalue weighted by Gasteiger charge is 2.26. The van der Waals surface area contributed by atoms with Crippen LogP contribution in [0.4, 0.5) is 0 Å². The minimum absolute atomic E-state index is 0.247. The maximum absolute atomic E-state index is 11.3. The van der Waals surface area contributed by atoms with Crippen LogP contribution < -0.4 is 0 Å². The van der Waals surface area contributed by atoms with Gasteiger partial charge in [0.15, 0.2) is 0 Å². The lowest BCUT2D eigenvalue weighted by Gasteiger charge is -2.29. The number of hydrogen-bond acceptors (Lipinski definition) is 3. The molecule has 1 saturated heterocycles. The Bertz CT molecular complexity index is 1130. The van der Waals surface area contributed by atoms with E-state index in [4.69, 9.17) is 4.98 Å². The molecular weight excluding hydrogens is 362 g/mol. The number of fused-ring (bicyclic) bond motifs is 1. The van der Waals surface area contributed by atoms with Crippen molar-refractivity contribution in [1.29, 1.82) is 0 Å².